The fourth-order valence-electron chi connectivity index (χ4n) is 3.00. The summed E-state index contributed by atoms with van der Waals surface area (Å²) in [7, 11) is 0. The molecule has 4 aromatic rings. The Morgan fingerprint density at radius 1 is 1.00 bits per heavy atom. The van der Waals surface area contributed by atoms with Crippen LogP contribution in [0.25, 0.3) is 11.2 Å². The van der Waals surface area contributed by atoms with E-state index in [4.69, 9.17) is 4.74 Å². The number of aromatic nitrogens is 3. The van der Waals surface area contributed by atoms with Crippen molar-refractivity contribution in [2.45, 2.75) is 13.1 Å². The van der Waals surface area contributed by atoms with Gasteiger partial charge in [0.2, 0.25) is 0 Å². The van der Waals surface area contributed by atoms with E-state index >= 15 is 0 Å². The first-order valence-electron chi connectivity index (χ1n) is 9.79. The highest BCUT2D eigenvalue weighted by Crippen LogP contribution is 2.32. The van der Waals surface area contributed by atoms with E-state index in [1.54, 1.807) is 0 Å². The maximum atomic E-state index is 14.6. The lowest BCUT2D eigenvalue weighted by molar-refractivity contribution is -0.137. The van der Waals surface area contributed by atoms with Crippen molar-refractivity contribution >= 4 is 28.6 Å². The van der Waals surface area contributed by atoms with E-state index in [9.17, 15) is 31.5 Å². The summed E-state index contributed by atoms with van der Waals surface area (Å²) < 4.78 is 72.5. The van der Waals surface area contributed by atoms with E-state index < -0.39 is 40.7 Å². The van der Waals surface area contributed by atoms with Crippen LogP contribution in [0.1, 0.15) is 11.3 Å². The van der Waals surface area contributed by atoms with Gasteiger partial charge in [0.05, 0.1) is 16.9 Å². The number of rotatable bonds is 4. The van der Waals surface area contributed by atoms with Gasteiger partial charge >= 0.3 is 12.2 Å². The number of carbonyl (C=O) groups excluding carboxylic acids is 1. The molecule has 0 bridgehead atoms. The molecule has 35 heavy (non-hydrogen) atoms. The number of carbonyl (C=O) groups is 1. The molecule has 0 aliphatic carbocycles. The molecule has 2 aromatic carbocycles. The number of anilines is 2. The number of hydrogen-bond donors (Lipinski definition) is 3. The largest absolute Gasteiger partial charge is 0.455 e. The lowest BCUT2D eigenvalue weighted by Crippen LogP contribution is -2.21. The minimum absolute atomic E-state index is 0.00975. The van der Waals surface area contributed by atoms with E-state index in [1.165, 1.54) is 25.3 Å². The molecule has 0 aliphatic heterocycles. The normalized spacial score (nSPS) is 11.4. The molecule has 0 radical (unpaired) electrons. The zero-order chi connectivity index (χ0) is 25.3. The number of ether oxygens (including phenoxy) is 1. The van der Waals surface area contributed by atoms with Crippen molar-refractivity contribution in [1.82, 2.24) is 15.0 Å². The molecular weight excluding hydrogens is 477 g/mol. The van der Waals surface area contributed by atoms with E-state index in [0.29, 0.717) is 18.2 Å². The maximum Gasteiger partial charge on any atom is 0.416 e. The molecule has 0 atom stereocenters. The molecule has 0 saturated carbocycles. The van der Waals surface area contributed by atoms with E-state index in [1.807, 2.05) is 5.32 Å². The fraction of sp³-hybridized carbons (Fsp3) is 0.0909. The lowest BCUT2D eigenvalue weighted by atomic mass is 10.2. The van der Waals surface area contributed by atoms with Gasteiger partial charge < -0.3 is 20.4 Å². The minimum Gasteiger partial charge on any atom is -0.455 e. The number of aryl methyl sites for hydroxylation is 1. The van der Waals surface area contributed by atoms with Gasteiger partial charge in [0.15, 0.2) is 11.4 Å². The van der Waals surface area contributed by atoms with Gasteiger partial charge in [-0.25, -0.2) is 23.5 Å². The molecule has 0 fully saturated rings. The molecule has 2 aromatic heterocycles. The first-order chi connectivity index (χ1) is 16.5. The number of amides is 2. The Hall–Kier alpha value is -4.55. The summed E-state index contributed by atoms with van der Waals surface area (Å²) >= 11 is 0. The van der Waals surface area contributed by atoms with Crippen molar-refractivity contribution in [2.75, 3.05) is 10.6 Å². The predicted octanol–water partition coefficient (Wildman–Crippen LogP) is 5.36. The van der Waals surface area contributed by atoms with Crippen LogP contribution in [0.2, 0.25) is 0 Å². The molecule has 4 rings (SSSR count). The summed E-state index contributed by atoms with van der Waals surface area (Å²) in [4.78, 5) is 34.5. The van der Waals surface area contributed by atoms with Gasteiger partial charge in [-0.2, -0.15) is 13.2 Å². The Balaban J connectivity index is 1.51. The summed E-state index contributed by atoms with van der Waals surface area (Å²) in [5.41, 5.74) is -2.11. The van der Waals surface area contributed by atoms with Gasteiger partial charge in [-0.15, -0.1) is 0 Å². The van der Waals surface area contributed by atoms with Crippen LogP contribution in [0, 0.1) is 18.6 Å². The number of hydrogen-bond acceptors (Lipinski definition) is 5. The second-order valence-electron chi connectivity index (χ2n) is 7.17. The van der Waals surface area contributed by atoms with E-state index in [2.05, 4.69) is 20.3 Å². The van der Waals surface area contributed by atoms with E-state index in [0.717, 1.165) is 12.1 Å². The van der Waals surface area contributed by atoms with Crippen LogP contribution in [0.3, 0.4) is 0 Å². The molecule has 0 spiro atoms. The number of nitrogens with zero attached hydrogens (tertiary/aromatic N) is 2. The molecule has 2 amide bonds. The molecule has 3 N–H and O–H groups in total. The van der Waals surface area contributed by atoms with Gasteiger partial charge in [0, 0.05) is 18.3 Å². The average molecular weight is 491 g/mol. The monoisotopic (exact) mass is 491 g/mol. The van der Waals surface area contributed by atoms with Gasteiger partial charge in [0.25, 0.3) is 5.56 Å². The Labute approximate surface area is 192 Å². The quantitative estimate of drug-likeness (QED) is 0.333. The Kier molecular flexibility index (Phi) is 6.07. The fourth-order valence-corrected chi connectivity index (χ4v) is 3.00. The van der Waals surface area contributed by atoms with Gasteiger partial charge in [-0.3, -0.25) is 4.79 Å². The van der Waals surface area contributed by atoms with Crippen LogP contribution in [-0.4, -0.2) is 21.0 Å². The third-order valence-corrected chi connectivity index (χ3v) is 4.69. The number of pyridine rings is 1. The summed E-state index contributed by atoms with van der Waals surface area (Å²) in [5.74, 6) is -1.87. The molecule has 2 heterocycles. The van der Waals surface area contributed by atoms with Crippen LogP contribution in [0.4, 0.5) is 38.1 Å². The number of fused-ring (bicyclic) bond motifs is 1. The zero-order valence-corrected chi connectivity index (χ0v) is 17.6. The van der Waals surface area contributed by atoms with Crippen molar-refractivity contribution in [1.29, 1.82) is 0 Å². The number of urea groups is 1. The summed E-state index contributed by atoms with van der Waals surface area (Å²) in [6, 6.07) is 5.16. The van der Waals surface area contributed by atoms with Gasteiger partial charge in [0.1, 0.15) is 28.6 Å². The second kappa shape index (κ2) is 9.00. The van der Waals surface area contributed by atoms with Crippen molar-refractivity contribution in [3.05, 3.63) is 81.9 Å². The molecule has 0 aliphatic rings. The van der Waals surface area contributed by atoms with Crippen LogP contribution >= 0.6 is 0 Å². The molecule has 0 saturated heterocycles. The molecule has 0 unspecified atom stereocenters. The molecule has 8 nitrogen and oxygen atoms in total. The van der Waals surface area contributed by atoms with Crippen LogP contribution in [-0.2, 0) is 6.18 Å². The third kappa shape index (κ3) is 5.18. The van der Waals surface area contributed by atoms with Crippen molar-refractivity contribution in [2.24, 2.45) is 0 Å². The topological polar surface area (TPSA) is 109 Å². The smallest absolute Gasteiger partial charge is 0.416 e. The number of nitrogens with one attached hydrogen (secondary N) is 3. The van der Waals surface area contributed by atoms with Crippen molar-refractivity contribution in [3.63, 3.8) is 0 Å². The number of benzene rings is 2. The van der Waals surface area contributed by atoms with Crippen LogP contribution in [0.15, 0.2) is 53.5 Å². The first-order valence-corrected chi connectivity index (χ1v) is 9.79. The number of H-pyrrole nitrogens is 1. The third-order valence-electron chi connectivity index (χ3n) is 4.69. The highest BCUT2D eigenvalue weighted by Gasteiger charge is 2.31. The Morgan fingerprint density at radius 2 is 1.74 bits per heavy atom. The Bertz CT molecular complexity index is 1500. The van der Waals surface area contributed by atoms with Gasteiger partial charge in [-0.05, 0) is 37.3 Å². The van der Waals surface area contributed by atoms with Crippen molar-refractivity contribution in [3.8, 4) is 11.5 Å². The summed E-state index contributed by atoms with van der Waals surface area (Å²) in [6.07, 6.45) is -3.39. The first kappa shape index (κ1) is 23.6. The second-order valence-corrected chi connectivity index (χ2v) is 7.17. The van der Waals surface area contributed by atoms with E-state index in [-0.39, 0.29) is 34.0 Å². The maximum absolute atomic E-state index is 14.6. The van der Waals surface area contributed by atoms with Crippen LogP contribution < -0.4 is 20.9 Å². The lowest BCUT2D eigenvalue weighted by Gasteiger charge is -2.13. The zero-order valence-electron chi connectivity index (χ0n) is 17.6. The molecular formula is C22H14F5N5O3. The number of halogens is 5. The van der Waals surface area contributed by atoms with Gasteiger partial charge in [-0.1, -0.05) is 0 Å². The summed E-state index contributed by atoms with van der Waals surface area (Å²) in [5, 5.41) is 4.00. The number of aromatic amines is 1. The highest BCUT2D eigenvalue weighted by molar-refractivity contribution is 6.00. The average Bonchev–Trinajstić information content (AvgIpc) is 2.78. The van der Waals surface area contributed by atoms with Crippen molar-refractivity contribution < 1.29 is 31.5 Å². The molecule has 13 heteroatoms. The standard InChI is InChI=1S/C22H14F5N5O3/c1-10-20(33)32-19-18(29-10)17(6-7-28-19)35-12-3-5-15(14(24)9-12)30-21(34)31-16-8-11(22(25,26)27)2-4-13(16)23/h2-9H,1H3,(H,28,32,33)(H2,30,31,34). The molecule has 180 valence electrons. The predicted molar refractivity (Wildman–Crippen MR) is 115 cm³/mol. The summed E-state index contributed by atoms with van der Waals surface area (Å²) in [6.45, 7) is 1.49. The highest BCUT2D eigenvalue weighted by atomic mass is 19.4. The minimum atomic E-state index is -4.74. The van der Waals surface area contributed by atoms with Crippen LogP contribution in [0.5, 0.6) is 11.5 Å². The Morgan fingerprint density at radius 3 is 2.46 bits per heavy atom. The SMILES string of the molecule is Cc1nc2c(Oc3ccc(NC(=O)Nc4cc(C(F)(F)F)ccc4F)c(F)c3)ccnc2[nH]c1=O. The number of alkyl halides is 3.